The highest BCUT2D eigenvalue weighted by Gasteiger charge is 2.49. The van der Waals surface area contributed by atoms with E-state index in [0.29, 0.717) is 22.1 Å². The second-order valence-electron chi connectivity index (χ2n) is 7.64. The van der Waals surface area contributed by atoms with Crippen molar-refractivity contribution in [2.24, 2.45) is 0 Å². The molecular formula is C23H22FN3O4S. The summed E-state index contributed by atoms with van der Waals surface area (Å²) in [5, 5.41) is 3.10. The number of ether oxygens (including phenoxy) is 1. The van der Waals surface area contributed by atoms with Crippen LogP contribution in [0.4, 0.5) is 15.8 Å². The van der Waals surface area contributed by atoms with E-state index >= 15 is 0 Å². The standard InChI is InChI=1S/C23H22FN3O4S/c1-2-31-22(30)14-3-7-16(8-4-14)25-20(28)13-19-21(29)27(18-9-5-15(24)6-10-18)23(32)26(19)17-11-12-17/h3-10,17,19H,2,11-13H2,1H3,(H,25,28)/t19-/m0/s1. The zero-order valence-corrected chi connectivity index (χ0v) is 18.2. The molecule has 0 unspecified atom stereocenters. The third-order valence-corrected chi connectivity index (χ3v) is 5.73. The number of nitrogens with zero attached hydrogens (tertiary/aromatic N) is 2. The van der Waals surface area contributed by atoms with Crippen LogP contribution in [0.2, 0.25) is 0 Å². The molecule has 1 saturated carbocycles. The molecule has 0 aromatic heterocycles. The highest BCUT2D eigenvalue weighted by molar-refractivity contribution is 7.80. The first-order valence-corrected chi connectivity index (χ1v) is 10.8. The second-order valence-corrected chi connectivity index (χ2v) is 8.00. The van der Waals surface area contributed by atoms with Crippen LogP contribution in [0.25, 0.3) is 0 Å². The minimum Gasteiger partial charge on any atom is -0.462 e. The molecule has 2 fully saturated rings. The Balaban J connectivity index is 1.46. The molecule has 1 atom stereocenters. The molecule has 1 saturated heterocycles. The van der Waals surface area contributed by atoms with Gasteiger partial charge in [-0.25, -0.2) is 9.18 Å². The molecule has 9 heteroatoms. The van der Waals surface area contributed by atoms with Gasteiger partial charge in [0.1, 0.15) is 11.9 Å². The van der Waals surface area contributed by atoms with Crippen molar-refractivity contribution in [3.8, 4) is 0 Å². The van der Waals surface area contributed by atoms with Crippen LogP contribution in [-0.4, -0.2) is 46.5 Å². The van der Waals surface area contributed by atoms with Gasteiger partial charge in [-0.2, -0.15) is 0 Å². The third-order valence-electron chi connectivity index (χ3n) is 5.34. The number of anilines is 2. The van der Waals surface area contributed by atoms with Crippen LogP contribution in [0.15, 0.2) is 48.5 Å². The Kier molecular flexibility index (Phi) is 6.18. The molecule has 2 aromatic carbocycles. The molecule has 4 rings (SSSR count). The number of rotatable bonds is 7. The molecule has 0 radical (unpaired) electrons. The minimum atomic E-state index is -0.723. The van der Waals surface area contributed by atoms with Crippen molar-refractivity contribution in [2.45, 2.75) is 38.3 Å². The van der Waals surface area contributed by atoms with Gasteiger partial charge in [0.25, 0.3) is 5.91 Å². The number of hydrogen-bond donors (Lipinski definition) is 1. The van der Waals surface area contributed by atoms with E-state index in [1.54, 1.807) is 31.2 Å². The van der Waals surface area contributed by atoms with Crippen LogP contribution >= 0.6 is 12.2 Å². The van der Waals surface area contributed by atoms with Crippen molar-refractivity contribution in [3.63, 3.8) is 0 Å². The van der Waals surface area contributed by atoms with Gasteiger partial charge in [0, 0.05) is 11.7 Å². The summed E-state index contributed by atoms with van der Waals surface area (Å²) in [5.74, 6) is -1.49. The summed E-state index contributed by atoms with van der Waals surface area (Å²) in [7, 11) is 0. The Hall–Kier alpha value is -3.33. The highest BCUT2D eigenvalue weighted by atomic mass is 32.1. The van der Waals surface area contributed by atoms with Crippen LogP contribution in [0.1, 0.15) is 36.5 Å². The van der Waals surface area contributed by atoms with Gasteiger partial charge in [-0.15, -0.1) is 0 Å². The highest BCUT2D eigenvalue weighted by Crippen LogP contribution is 2.37. The molecule has 1 heterocycles. The van der Waals surface area contributed by atoms with Gasteiger partial charge in [-0.1, -0.05) is 0 Å². The lowest BCUT2D eigenvalue weighted by molar-refractivity contribution is -0.124. The van der Waals surface area contributed by atoms with Crippen molar-refractivity contribution >= 4 is 46.5 Å². The van der Waals surface area contributed by atoms with Crippen LogP contribution < -0.4 is 10.2 Å². The molecule has 2 aliphatic rings. The molecule has 1 aliphatic carbocycles. The summed E-state index contributed by atoms with van der Waals surface area (Å²) in [6, 6.07) is 11.3. The summed E-state index contributed by atoms with van der Waals surface area (Å²) < 4.78 is 18.3. The normalized spacial score (nSPS) is 18.1. The molecule has 166 valence electrons. The quantitative estimate of drug-likeness (QED) is 0.509. The lowest BCUT2D eigenvalue weighted by Gasteiger charge is -2.23. The number of nitrogens with one attached hydrogen (secondary N) is 1. The SMILES string of the molecule is CCOC(=O)c1ccc(NC(=O)C[C@H]2C(=O)N(c3ccc(F)cc3)C(=S)N2C2CC2)cc1. The number of benzene rings is 2. The predicted octanol–water partition coefficient (Wildman–Crippen LogP) is 3.50. The number of carbonyl (C=O) groups is 3. The van der Waals surface area contributed by atoms with Crippen molar-refractivity contribution in [2.75, 3.05) is 16.8 Å². The Morgan fingerprint density at radius 3 is 2.38 bits per heavy atom. The second kappa shape index (κ2) is 9.04. The third kappa shape index (κ3) is 4.47. The molecular weight excluding hydrogens is 433 g/mol. The summed E-state index contributed by atoms with van der Waals surface area (Å²) in [5.41, 5.74) is 1.37. The molecule has 2 aromatic rings. The molecule has 2 amide bonds. The zero-order valence-electron chi connectivity index (χ0n) is 17.4. The van der Waals surface area contributed by atoms with E-state index in [-0.39, 0.29) is 30.9 Å². The van der Waals surface area contributed by atoms with E-state index in [4.69, 9.17) is 17.0 Å². The van der Waals surface area contributed by atoms with Gasteiger partial charge < -0.3 is 15.0 Å². The first kappa shape index (κ1) is 21.9. The van der Waals surface area contributed by atoms with E-state index < -0.39 is 17.8 Å². The Labute approximate surface area is 190 Å². The number of amides is 2. The van der Waals surface area contributed by atoms with Crippen LogP contribution in [-0.2, 0) is 14.3 Å². The van der Waals surface area contributed by atoms with Crippen molar-refractivity contribution in [3.05, 3.63) is 59.9 Å². The van der Waals surface area contributed by atoms with Gasteiger partial charge in [-0.05, 0) is 80.5 Å². The van der Waals surface area contributed by atoms with E-state index in [1.165, 1.54) is 29.2 Å². The fraction of sp³-hybridized carbons (Fsp3) is 0.304. The van der Waals surface area contributed by atoms with Crippen LogP contribution in [0, 0.1) is 5.82 Å². The fourth-order valence-electron chi connectivity index (χ4n) is 3.68. The first-order valence-electron chi connectivity index (χ1n) is 10.4. The number of hydrogen-bond acceptors (Lipinski definition) is 5. The van der Waals surface area contributed by atoms with Gasteiger partial charge in [-0.3, -0.25) is 14.5 Å². The number of esters is 1. The number of thiocarbonyl (C=S) groups is 1. The maximum Gasteiger partial charge on any atom is 0.338 e. The monoisotopic (exact) mass is 455 g/mol. The van der Waals surface area contributed by atoms with Crippen molar-refractivity contribution in [1.82, 2.24) is 4.90 Å². The maximum absolute atomic E-state index is 13.3. The summed E-state index contributed by atoms with van der Waals surface area (Å²) in [6.07, 6.45) is 1.73. The Morgan fingerprint density at radius 2 is 1.78 bits per heavy atom. The van der Waals surface area contributed by atoms with Gasteiger partial charge >= 0.3 is 5.97 Å². The molecule has 7 nitrogen and oxygen atoms in total. The van der Waals surface area contributed by atoms with E-state index in [2.05, 4.69) is 5.32 Å². The zero-order chi connectivity index (χ0) is 22.8. The number of carbonyl (C=O) groups excluding carboxylic acids is 3. The molecule has 0 spiro atoms. The summed E-state index contributed by atoms with van der Waals surface area (Å²) in [6.45, 7) is 2.01. The van der Waals surface area contributed by atoms with Gasteiger partial charge in [0.15, 0.2) is 5.11 Å². The average Bonchev–Trinajstić information content (AvgIpc) is 3.57. The van der Waals surface area contributed by atoms with E-state index in [0.717, 1.165) is 12.8 Å². The lowest BCUT2D eigenvalue weighted by Crippen LogP contribution is -2.39. The average molecular weight is 456 g/mol. The summed E-state index contributed by atoms with van der Waals surface area (Å²) in [4.78, 5) is 40.9. The van der Waals surface area contributed by atoms with Gasteiger partial charge in [0.2, 0.25) is 5.91 Å². The minimum absolute atomic E-state index is 0.0766. The predicted molar refractivity (Wildman–Crippen MR) is 121 cm³/mol. The van der Waals surface area contributed by atoms with Crippen LogP contribution in [0.5, 0.6) is 0 Å². The van der Waals surface area contributed by atoms with Crippen molar-refractivity contribution in [1.29, 1.82) is 0 Å². The summed E-state index contributed by atoms with van der Waals surface area (Å²) >= 11 is 5.55. The smallest absolute Gasteiger partial charge is 0.338 e. The first-order chi connectivity index (χ1) is 15.4. The van der Waals surface area contributed by atoms with Crippen molar-refractivity contribution < 1.29 is 23.5 Å². The molecule has 1 aliphatic heterocycles. The Bertz CT molecular complexity index is 1050. The van der Waals surface area contributed by atoms with Gasteiger partial charge in [0.05, 0.1) is 24.3 Å². The van der Waals surface area contributed by atoms with E-state index in [9.17, 15) is 18.8 Å². The Morgan fingerprint density at radius 1 is 1.12 bits per heavy atom. The van der Waals surface area contributed by atoms with Crippen LogP contribution in [0.3, 0.4) is 0 Å². The largest absolute Gasteiger partial charge is 0.462 e. The molecule has 1 N–H and O–H groups in total. The molecule has 0 bridgehead atoms. The maximum atomic E-state index is 13.3. The molecule has 32 heavy (non-hydrogen) atoms. The topological polar surface area (TPSA) is 78.9 Å². The van der Waals surface area contributed by atoms with E-state index in [1.807, 2.05) is 4.90 Å². The fourth-order valence-corrected chi connectivity index (χ4v) is 4.15. The number of halogens is 1. The lowest BCUT2D eigenvalue weighted by atomic mass is 10.1.